The Hall–Kier alpha value is -0.860. The Balaban J connectivity index is 2.08. The van der Waals surface area contributed by atoms with Crippen LogP contribution in [0.2, 0.25) is 0 Å². The molecule has 1 saturated heterocycles. The Morgan fingerprint density at radius 2 is 1.71 bits per heavy atom. The number of hydrogen-bond donors (Lipinski definition) is 1. The van der Waals surface area contributed by atoms with Gasteiger partial charge in [-0.2, -0.15) is 0 Å². The maximum atomic E-state index is 3.65. The molecule has 1 fully saturated rings. The van der Waals surface area contributed by atoms with Gasteiger partial charge in [0.25, 0.3) is 0 Å². The minimum absolute atomic E-state index is 0.333. The third kappa shape index (κ3) is 3.67. The molecule has 0 saturated carbocycles. The first-order chi connectivity index (χ1) is 10.3. The first-order valence-corrected chi connectivity index (χ1v) is 8.73. The predicted octanol–water partition coefficient (Wildman–Crippen LogP) is 3.86. The summed E-state index contributed by atoms with van der Waals surface area (Å²) in [6, 6.07) is 11.5. The van der Waals surface area contributed by atoms with Gasteiger partial charge in [-0.05, 0) is 64.2 Å². The highest BCUT2D eigenvalue weighted by molar-refractivity contribution is 5.15. The molecule has 1 aliphatic rings. The molecular weight excluding hydrogens is 256 g/mol. The van der Waals surface area contributed by atoms with Gasteiger partial charge in [-0.25, -0.2) is 0 Å². The van der Waals surface area contributed by atoms with Crippen molar-refractivity contribution < 1.29 is 0 Å². The Bertz CT molecular complexity index is 391. The molecule has 0 radical (unpaired) electrons. The topological polar surface area (TPSA) is 15.3 Å². The number of nitrogens with one attached hydrogen (secondary N) is 1. The average Bonchev–Trinajstić information content (AvgIpc) is 3.07. The fourth-order valence-corrected chi connectivity index (χ4v) is 4.21. The van der Waals surface area contributed by atoms with E-state index in [1.165, 1.54) is 57.2 Å². The second kappa shape index (κ2) is 7.95. The van der Waals surface area contributed by atoms with Crippen molar-refractivity contribution >= 4 is 0 Å². The van der Waals surface area contributed by atoms with Crippen molar-refractivity contribution in [1.82, 2.24) is 10.2 Å². The molecule has 2 nitrogen and oxygen atoms in total. The lowest BCUT2D eigenvalue weighted by molar-refractivity contribution is 0.0617. The first-order valence-electron chi connectivity index (χ1n) is 8.73. The van der Waals surface area contributed by atoms with Gasteiger partial charge in [0, 0.05) is 11.6 Å². The second-order valence-electron chi connectivity index (χ2n) is 6.37. The molecule has 1 aromatic carbocycles. The van der Waals surface area contributed by atoms with E-state index in [4.69, 9.17) is 0 Å². The summed E-state index contributed by atoms with van der Waals surface area (Å²) in [5, 5.41) is 3.65. The molecule has 1 atom stereocenters. The summed E-state index contributed by atoms with van der Waals surface area (Å²) in [7, 11) is 2.14. The first kappa shape index (κ1) is 16.5. The van der Waals surface area contributed by atoms with Crippen molar-refractivity contribution in [3.8, 4) is 0 Å². The van der Waals surface area contributed by atoms with Crippen LogP contribution in [0.5, 0.6) is 0 Å². The molecule has 1 N–H and O–H groups in total. The molecule has 0 spiro atoms. The van der Waals surface area contributed by atoms with Crippen molar-refractivity contribution in [2.24, 2.45) is 0 Å². The maximum Gasteiger partial charge on any atom is 0.0357 e. The van der Waals surface area contributed by atoms with Crippen molar-refractivity contribution in [2.75, 3.05) is 20.1 Å². The molecule has 1 aliphatic heterocycles. The number of nitrogens with zero attached hydrogens (tertiary/aromatic N) is 1. The molecule has 1 aromatic rings. The van der Waals surface area contributed by atoms with Gasteiger partial charge in [0.15, 0.2) is 0 Å². The van der Waals surface area contributed by atoms with Crippen LogP contribution in [-0.2, 0) is 6.42 Å². The van der Waals surface area contributed by atoms with Crippen LogP contribution < -0.4 is 5.32 Å². The lowest BCUT2D eigenvalue weighted by atomic mass is 9.80. The van der Waals surface area contributed by atoms with Gasteiger partial charge < -0.3 is 5.32 Å². The van der Waals surface area contributed by atoms with E-state index in [2.05, 4.69) is 61.4 Å². The zero-order valence-electron chi connectivity index (χ0n) is 14.1. The lowest BCUT2D eigenvalue weighted by Gasteiger charge is -2.47. The number of aryl methyl sites for hydroxylation is 1. The van der Waals surface area contributed by atoms with Crippen LogP contribution in [0.25, 0.3) is 0 Å². The molecule has 0 amide bonds. The van der Waals surface area contributed by atoms with Gasteiger partial charge >= 0.3 is 0 Å². The average molecular weight is 288 g/mol. The van der Waals surface area contributed by atoms with Crippen LogP contribution in [-0.4, -0.2) is 36.6 Å². The zero-order valence-corrected chi connectivity index (χ0v) is 14.1. The summed E-state index contributed by atoms with van der Waals surface area (Å²) in [4.78, 5) is 2.76. The van der Waals surface area contributed by atoms with E-state index in [0.29, 0.717) is 11.6 Å². The van der Waals surface area contributed by atoms with E-state index in [1.54, 1.807) is 0 Å². The monoisotopic (exact) mass is 288 g/mol. The van der Waals surface area contributed by atoms with E-state index in [1.807, 2.05) is 0 Å². The number of hydrogen-bond acceptors (Lipinski definition) is 2. The summed E-state index contributed by atoms with van der Waals surface area (Å²) in [6.45, 7) is 7.31. The molecule has 21 heavy (non-hydrogen) atoms. The summed E-state index contributed by atoms with van der Waals surface area (Å²) in [6.07, 6.45) is 7.61. The molecule has 1 unspecified atom stereocenters. The molecular formula is C19H32N2. The highest BCUT2D eigenvalue weighted by Crippen LogP contribution is 2.33. The number of benzene rings is 1. The quantitative estimate of drug-likeness (QED) is 0.781. The fourth-order valence-electron chi connectivity index (χ4n) is 4.21. The molecule has 118 valence electrons. The van der Waals surface area contributed by atoms with E-state index >= 15 is 0 Å². The molecule has 1 heterocycles. The Labute approximate surface area is 130 Å². The standard InChI is InChI=1S/C19H32N2/c1-4-19(5-2,21-15-9-10-16-21)18(20-3)14-13-17-11-7-6-8-12-17/h6-8,11-12,18,20H,4-5,9-10,13-16H2,1-3H3. The summed E-state index contributed by atoms with van der Waals surface area (Å²) >= 11 is 0. The van der Waals surface area contributed by atoms with Crippen LogP contribution >= 0.6 is 0 Å². The Morgan fingerprint density at radius 1 is 1.10 bits per heavy atom. The molecule has 0 aliphatic carbocycles. The van der Waals surface area contributed by atoms with E-state index < -0.39 is 0 Å². The SMILES string of the molecule is CCC(CC)(C(CCc1ccccc1)NC)N1CCCC1. The predicted molar refractivity (Wildman–Crippen MR) is 91.7 cm³/mol. The summed E-state index contributed by atoms with van der Waals surface area (Å²) in [5.74, 6) is 0. The zero-order chi connectivity index (χ0) is 15.1. The third-order valence-corrected chi connectivity index (χ3v) is 5.52. The van der Waals surface area contributed by atoms with Crippen molar-refractivity contribution in [2.45, 2.75) is 64.0 Å². The molecule has 0 aromatic heterocycles. The van der Waals surface area contributed by atoms with E-state index in [0.717, 1.165) is 0 Å². The molecule has 2 heteroatoms. The molecule has 0 bridgehead atoms. The summed E-state index contributed by atoms with van der Waals surface area (Å²) in [5.41, 5.74) is 1.79. The van der Waals surface area contributed by atoms with Gasteiger partial charge in [-0.3, -0.25) is 4.90 Å². The lowest BCUT2D eigenvalue weighted by Crippen LogP contribution is -2.59. The van der Waals surface area contributed by atoms with Crippen molar-refractivity contribution in [3.05, 3.63) is 35.9 Å². The minimum atomic E-state index is 0.333. The number of likely N-dealkylation sites (tertiary alicyclic amines) is 1. The van der Waals surface area contributed by atoms with Crippen LogP contribution in [0.4, 0.5) is 0 Å². The molecule has 2 rings (SSSR count). The normalized spacial score (nSPS) is 18.0. The van der Waals surface area contributed by atoms with E-state index in [9.17, 15) is 0 Å². The largest absolute Gasteiger partial charge is 0.315 e. The van der Waals surface area contributed by atoms with E-state index in [-0.39, 0.29) is 0 Å². The Kier molecular flexibility index (Phi) is 6.25. The Morgan fingerprint density at radius 3 is 2.24 bits per heavy atom. The smallest absolute Gasteiger partial charge is 0.0357 e. The van der Waals surface area contributed by atoms with Crippen molar-refractivity contribution in [3.63, 3.8) is 0 Å². The maximum absolute atomic E-state index is 3.65. The number of rotatable bonds is 8. The minimum Gasteiger partial charge on any atom is -0.315 e. The van der Waals surface area contributed by atoms with Crippen LogP contribution in [0.3, 0.4) is 0 Å². The van der Waals surface area contributed by atoms with Gasteiger partial charge in [-0.15, -0.1) is 0 Å². The van der Waals surface area contributed by atoms with Gasteiger partial charge in [-0.1, -0.05) is 44.2 Å². The highest BCUT2D eigenvalue weighted by Gasteiger charge is 2.40. The van der Waals surface area contributed by atoms with Gasteiger partial charge in [0.2, 0.25) is 0 Å². The fraction of sp³-hybridized carbons (Fsp3) is 0.684. The van der Waals surface area contributed by atoms with Gasteiger partial charge in [0.1, 0.15) is 0 Å². The van der Waals surface area contributed by atoms with Gasteiger partial charge in [0.05, 0.1) is 0 Å². The van der Waals surface area contributed by atoms with Crippen LogP contribution in [0.1, 0.15) is 51.5 Å². The number of likely N-dealkylation sites (N-methyl/N-ethyl adjacent to an activating group) is 1. The van der Waals surface area contributed by atoms with Crippen LogP contribution in [0.15, 0.2) is 30.3 Å². The van der Waals surface area contributed by atoms with Crippen LogP contribution in [0, 0.1) is 0 Å². The second-order valence-corrected chi connectivity index (χ2v) is 6.37. The third-order valence-electron chi connectivity index (χ3n) is 5.52. The summed E-state index contributed by atoms with van der Waals surface area (Å²) < 4.78 is 0. The van der Waals surface area contributed by atoms with Crippen molar-refractivity contribution in [1.29, 1.82) is 0 Å². The highest BCUT2D eigenvalue weighted by atomic mass is 15.2.